The molecule has 0 unspecified atom stereocenters. The van der Waals surface area contributed by atoms with Crippen molar-refractivity contribution < 1.29 is 14.1 Å². The van der Waals surface area contributed by atoms with Crippen LogP contribution in [0.2, 0.25) is 0 Å². The van der Waals surface area contributed by atoms with E-state index in [0.29, 0.717) is 5.69 Å². The number of carbonyl (C=O) groups is 2. The summed E-state index contributed by atoms with van der Waals surface area (Å²) >= 11 is 0. The SMILES string of the molecule is O=C(Cc1noc(C(=O)NC2CC2)n1)Nc1cccc2ncccc12. The molecule has 1 aromatic carbocycles. The molecule has 8 heteroatoms. The molecule has 25 heavy (non-hydrogen) atoms. The van der Waals surface area contributed by atoms with Gasteiger partial charge in [-0.2, -0.15) is 4.98 Å². The van der Waals surface area contributed by atoms with E-state index in [0.717, 1.165) is 23.7 Å². The Morgan fingerprint density at radius 2 is 2.08 bits per heavy atom. The maximum Gasteiger partial charge on any atom is 0.315 e. The number of nitrogens with zero attached hydrogens (tertiary/aromatic N) is 3. The van der Waals surface area contributed by atoms with Gasteiger partial charge in [0.2, 0.25) is 5.91 Å². The molecular formula is C17H15N5O3. The molecule has 0 aliphatic heterocycles. The number of rotatable bonds is 5. The average molecular weight is 337 g/mol. The van der Waals surface area contributed by atoms with Crippen LogP contribution in [0, 0.1) is 0 Å². The molecule has 1 fully saturated rings. The molecule has 1 aliphatic carbocycles. The fraction of sp³-hybridized carbons (Fsp3) is 0.235. The fourth-order valence-corrected chi connectivity index (χ4v) is 2.44. The Morgan fingerprint density at radius 3 is 2.92 bits per heavy atom. The number of fused-ring (bicyclic) bond motifs is 1. The van der Waals surface area contributed by atoms with Gasteiger partial charge in [-0.1, -0.05) is 11.2 Å². The van der Waals surface area contributed by atoms with Crippen LogP contribution in [0.5, 0.6) is 0 Å². The van der Waals surface area contributed by atoms with Crippen LogP contribution in [-0.2, 0) is 11.2 Å². The van der Waals surface area contributed by atoms with E-state index in [1.165, 1.54) is 0 Å². The summed E-state index contributed by atoms with van der Waals surface area (Å²) < 4.78 is 4.91. The number of aromatic nitrogens is 3. The predicted octanol–water partition coefficient (Wildman–Crippen LogP) is 1.69. The molecule has 0 bridgehead atoms. The smallest absolute Gasteiger partial charge is 0.315 e. The minimum atomic E-state index is -0.401. The lowest BCUT2D eigenvalue weighted by Crippen LogP contribution is -2.25. The molecule has 3 aromatic rings. The maximum absolute atomic E-state index is 12.2. The second-order valence-corrected chi connectivity index (χ2v) is 5.86. The Morgan fingerprint density at radius 1 is 1.20 bits per heavy atom. The van der Waals surface area contributed by atoms with Gasteiger partial charge in [0, 0.05) is 17.6 Å². The van der Waals surface area contributed by atoms with Crippen LogP contribution in [0.1, 0.15) is 29.4 Å². The Labute approximate surface area is 142 Å². The molecule has 0 spiro atoms. The Balaban J connectivity index is 1.43. The van der Waals surface area contributed by atoms with Crippen LogP contribution >= 0.6 is 0 Å². The van der Waals surface area contributed by atoms with E-state index in [2.05, 4.69) is 25.8 Å². The molecule has 8 nitrogen and oxygen atoms in total. The average Bonchev–Trinajstić information content (AvgIpc) is 3.30. The van der Waals surface area contributed by atoms with Gasteiger partial charge in [0.25, 0.3) is 0 Å². The topological polar surface area (TPSA) is 110 Å². The molecule has 126 valence electrons. The predicted molar refractivity (Wildman–Crippen MR) is 88.9 cm³/mol. The normalized spacial score (nSPS) is 13.6. The summed E-state index contributed by atoms with van der Waals surface area (Å²) in [7, 11) is 0. The third kappa shape index (κ3) is 3.47. The number of nitrogens with one attached hydrogen (secondary N) is 2. The highest BCUT2D eigenvalue weighted by atomic mass is 16.5. The third-order valence-corrected chi connectivity index (χ3v) is 3.81. The molecule has 0 saturated heterocycles. The second-order valence-electron chi connectivity index (χ2n) is 5.86. The van der Waals surface area contributed by atoms with Crippen molar-refractivity contribution in [3.8, 4) is 0 Å². The minimum Gasteiger partial charge on any atom is -0.345 e. The fourth-order valence-electron chi connectivity index (χ4n) is 2.44. The first-order valence-electron chi connectivity index (χ1n) is 7.96. The first-order chi connectivity index (χ1) is 12.2. The van der Waals surface area contributed by atoms with Gasteiger partial charge in [-0.15, -0.1) is 0 Å². The summed E-state index contributed by atoms with van der Waals surface area (Å²) in [4.78, 5) is 32.3. The summed E-state index contributed by atoms with van der Waals surface area (Å²) in [5.41, 5.74) is 1.45. The molecule has 2 aromatic heterocycles. The molecule has 0 radical (unpaired) electrons. The first kappa shape index (κ1) is 15.3. The zero-order valence-corrected chi connectivity index (χ0v) is 13.2. The van der Waals surface area contributed by atoms with Gasteiger partial charge in [0.15, 0.2) is 5.82 Å². The van der Waals surface area contributed by atoms with E-state index in [4.69, 9.17) is 4.52 Å². The summed E-state index contributed by atoms with van der Waals surface area (Å²) in [6.07, 6.45) is 3.54. The van der Waals surface area contributed by atoms with Crippen LogP contribution in [-0.4, -0.2) is 33.0 Å². The van der Waals surface area contributed by atoms with Gasteiger partial charge in [-0.25, -0.2) is 0 Å². The van der Waals surface area contributed by atoms with E-state index in [1.807, 2.05) is 24.3 Å². The van der Waals surface area contributed by atoms with Crippen LogP contribution < -0.4 is 10.6 Å². The van der Waals surface area contributed by atoms with Crippen molar-refractivity contribution in [2.24, 2.45) is 0 Å². The number of carbonyl (C=O) groups excluding carboxylic acids is 2. The summed E-state index contributed by atoms with van der Waals surface area (Å²) in [5, 5.41) is 10.1. The van der Waals surface area contributed by atoms with Gasteiger partial charge in [-0.3, -0.25) is 14.6 Å². The van der Waals surface area contributed by atoms with Crippen LogP contribution in [0.25, 0.3) is 10.9 Å². The summed E-state index contributed by atoms with van der Waals surface area (Å²) in [6, 6.07) is 9.38. The van der Waals surface area contributed by atoms with Crippen molar-refractivity contribution in [1.82, 2.24) is 20.4 Å². The lowest BCUT2D eigenvalue weighted by atomic mass is 10.2. The quantitative estimate of drug-likeness (QED) is 0.733. The number of hydrogen-bond acceptors (Lipinski definition) is 6. The highest BCUT2D eigenvalue weighted by molar-refractivity contribution is 6.01. The van der Waals surface area contributed by atoms with Crippen LogP contribution in [0.3, 0.4) is 0 Å². The third-order valence-electron chi connectivity index (χ3n) is 3.81. The Bertz CT molecular complexity index is 943. The monoisotopic (exact) mass is 337 g/mol. The van der Waals surface area contributed by atoms with Gasteiger partial charge in [0.1, 0.15) is 0 Å². The van der Waals surface area contributed by atoms with Crippen LogP contribution in [0.4, 0.5) is 5.69 Å². The van der Waals surface area contributed by atoms with E-state index in [-0.39, 0.29) is 30.1 Å². The van der Waals surface area contributed by atoms with Gasteiger partial charge in [0.05, 0.1) is 17.6 Å². The zero-order valence-electron chi connectivity index (χ0n) is 13.2. The zero-order chi connectivity index (χ0) is 17.2. The largest absolute Gasteiger partial charge is 0.345 e. The minimum absolute atomic E-state index is 0.0865. The molecule has 0 atom stereocenters. The summed E-state index contributed by atoms with van der Waals surface area (Å²) in [5.74, 6) is -0.658. The lowest BCUT2D eigenvalue weighted by Gasteiger charge is -2.07. The van der Waals surface area contributed by atoms with Crippen molar-refractivity contribution >= 4 is 28.4 Å². The molecular weight excluding hydrogens is 322 g/mol. The van der Waals surface area contributed by atoms with Crippen LogP contribution in [0.15, 0.2) is 41.1 Å². The molecule has 2 heterocycles. The Kier molecular flexibility index (Phi) is 3.85. The molecule has 2 N–H and O–H groups in total. The van der Waals surface area contributed by atoms with E-state index in [9.17, 15) is 9.59 Å². The van der Waals surface area contributed by atoms with E-state index in [1.54, 1.807) is 12.3 Å². The second kappa shape index (κ2) is 6.31. The van der Waals surface area contributed by atoms with Gasteiger partial charge in [-0.05, 0) is 37.1 Å². The van der Waals surface area contributed by atoms with Crippen molar-refractivity contribution in [2.75, 3.05) is 5.32 Å². The molecule has 4 rings (SSSR count). The summed E-state index contributed by atoms with van der Waals surface area (Å²) in [6.45, 7) is 0. The van der Waals surface area contributed by atoms with Gasteiger partial charge < -0.3 is 15.2 Å². The number of anilines is 1. The van der Waals surface area contributed by atoms with Crippen molar-refractivity contribution in [3.05, 3.63) is 48.2 Å². The highest BCUT2D eigenvalue weighted by Gasteiger charge is 2.26. The number of hydrogen-bond donors (Lipinski definition) is 2. The Hall–Kier alpha value is -3.29. The lowest BCUT2D eigenvalue weighted by molar-refractivity contribution is -0.115. The highest BCUT2D eigenvalue weighted by Crippen LogP contribution is 2.21. The van der Waals surface area contributed by atoms with Gasteiger partial charge >= 0.3 is 11.8 Å². The van der Waals surface area contributed by atoms with E-state index < -0.39 is 5.91 Å². The first-order valence-corrected chi connectivity index (χ1v) is 7.96. The van der Waals surface area contributed by atoms with Crippen molar-refractivity contribution in [3.63, 3.8) is 0 Å². The van der Waals surface area contributed by atoms with Crippen molar-refractivity contribution in [2.45, 2.75) is 25.3 Å². The molecule has 1 saturated carbocycles. The number of pyridine rings is 1. The van der Waals surface area contributed by atoms with E-state index >= 15 is 0 Å². The number of amides is 2. The standard InChI is InChI=1S/C17H15N5O3/c23-15(20-13-5-1-4-12-11(13)3-2-8-18-12)9-14-21-17(25-22-14)16(24)19-10-6-7-10/h1-5,8,10H,6-7,9H2,(H,19,24)(H,20,23). The molecule has 1 aliphatic rings. The number of benzene rings is 1. The maximum atomic E-state index is 12.2. The van der Waals surface area contributed by atoms with Crippen molar-refractivity contribution in [1.29, 1.82) is 0 Å². The molecule has 2 amide bonds.